The second-order valence-corrected chi connectivity index (χ2v) is 9.37. The minimum Gasteiger partial charge on any atom is -0.481 e. The lowest BCUT2D eigenvalue weighted by Gasteiger charge is -2.33. The largest absolute Gasteiger partial charge is 0.481 e. The second kappa shape index (κ2) is 10.7. The number of aliphatic carboxylic acids is 1. The summed E-state index contributed by atoms with van der Waals surface area (Å²) < 4.78 is 5.56. The number of fused-ring (bicyclic) bond motifs is 3. The molecule has 1 saturated carbocycles. The molecule has 2 aliphatic carbocycles. The molecule has 2 aromatic carbocycles. The van der Waals surface area contributed by atoms with Gasteiger partial charge in [-0.1, -0.05) is 55.0 Å². The molecule has 0 saturated heterocycles. The highest BCUT2D eigenvalue weighted by Gasteiger charge is 2.31. The maximum Gasteiger partial charge on any atom is 0.407 e. The Bertz CT molecular complexity index is 1000. The number of amides is 2. The van der Waals surface area contributed by atoms with E-state index in [0.29, 0.717) is 6.42 Å². The lowest BCUT2D eigenvalue weighted by molar-refractivity contribution is -0.138. The van der Waals surface area contributed by atoms with Crippen LogP contribution in [0.3, 0.4) is 0 Å². The Morgan fingerprint density at radius 3 is 2.18 bits per heavy atom. The first-order valence-corrected chi connectivity index (χ1v) is 12.0. The Hall–Kier alpha value is -3.35. The van der Waals surface area contributed by atoms with E-state index in [4.69, 9.17) is 9.84 Å². The molecule has 2 unspecified atom stereocenters. The summed E-state index contributed by atoms with van der Waals surface area (Å²) in [6, 6.07) is 15.8. The molecule has 180 valence electrons. The Labute approximate surface area is 199 Å². The summed E-state index contributed by atoms with van der Waals surface area (Å²) in [5, 5.41) is 14.8. The van der Waals surface area contributed by atoms with Gasteiger partial charge in [-0.25, -0.2) is 4.79 Å². The molecule has 2 aliphatic rings. The molecule has 2 aromatic rings. The molecule has 0 aromatic heterocycles. The number of carbonyl (C=O) groups excluding carboxylic acids is 2. The van der Waals surface area contributed by atoms with Crippen molar-refractivity contribution in [2.75, 3.05) is 6.61 Å². The number of rotatable bonds is 10. The molecule has 0 bridgehead atoms. The Kier molecular flexibility index (Phi) is 7.50. The summed E-state index contributed by atoms with van der Waals surface area (Å²) >= 11 is 0. The van der Waals surface area contributed by atoms with Gasteiger partial charge in [-0.3, -0.25) is 9.59 Å². The van der Waals surface area contributed by atoms with Gasteiger partial charge < -0.3 is 20.5 Å². The smallest absolute Gasteiger partial charge is 0.407 e. The zero-order valence-corrected chi connectivity index (χ0v) is 19.5. The van der Waals surface area contributed by atoms with Crippen LogP contribution < -0.4 is 10.6 Å². The van der Waals surface area contributed by atoms with Crippen molar-refractivity contribution >= 4 is 18.0 Å². The van der Waals surface area contributed by atoms with Crippen molar-refractivity contribution in [3.05, 3.63) is 59.7 Å². The van der Waals surface area contributed by atoms with Crippen molar-refractivity contribution < 1.29 is 24.2 Å². The molecule has 7 nitrogen and oxygen atoms in total. The number of carboxylic acids is 1. The summed E-state index contributed by atoms with van der Waals surface area (Å²) in [6.45, 7) is 2.07. The van der Waals surface area contributed by atoms with Crippen LogP contribution >= 0.6 is 0 Å². The van der Waals surface area contributed by atoms with E-state index in [1.54, 1.807) is 0 Å². The maximum absolute atomic E-state index is 12.4. The van der Waals surface area contributed by atoms with Gasteiger partial charge in [0, 0.05) is 24.4 Å². The molecule has 0 aliphatic heterocycles. The average molecular weight is 465 g/mol. The highest BCUT2D eigenvalue weighted by molar-refractivity contribution is 5.79. The summed E-state index contributed by atoms with van der Waals surface area (Å²) in [7, 11) is 0. The lowest BCUT2D eigenvalue weighted by atomic mass is 9.78. The van der Waals surface area contributed by atoms with Gasteiger partial charge in [-0.2, -0.15) is 0 Å². The second-order valence-electron chi connectivity index (χ2n) is 9.37. The Morgan fingerprint density at radius 1 is 1.00 bits per heavy atom. The van der Waals surface area contributed by atoms with Crippen LogP contribution in [0.5, 0.6) is 0 Å². The van der Waals surface area contributed by atoms with E-state index >= 15 is 0 Å². The first-order valence-electron chi connectivity index (χ1n) is 12.0. The third-order valence-electron chi connectivity index (χ3n) is 6.97. The molecule has 4 rings (SSSR count). The van der Waals surface area contributed by atoms with E-state index in [2.05, 4.69) is 34.9 Å². The topological polar surface area (TPSA) is 105 Å². The predicted octanol–water partition coefficient (Wildman–Crippen LogP) is 4.45. The number of alkyl carbamates (subject to hydrolysis) is 1. The quantitative estimate of drug-likeness (QED) is 0.482. The highest BCUT2D eigenvalue weighted by atomic mass is 16.5. The van der Waals surface area contributed by atoms with Crippen LogP contribution in [-0.4, -0.2) is 41.8 Å². The minimum atomic E-state index is -0.900. The molecule has 1 fully saturated rings. The van der Waals surface area contributed by atoms with Crippen molar-refractivity contribution in [3.8, 4) is 11.1 Å². The predicted molar refractivity (Wildman–Crippen MR) is 128 cm³/mol. The molecule has 2 atom stereocenters. The third kappa shape index (κ3) is 5.58. The van der Waals surface area contributed by atoms with Crippen LogP contribution in [0.15, 0.2) is 48.5 Å². The van der Waals surface area contributed by atoms with Crippen LogP contribution in [0.2, 0.25) is 0 Å². The zero-order chi connectivity index (χ0) is 24.1. The van der Waals surface area contributed by atoms with Gasteiger partial charge in [0.25, 0.3) is 0 Å². The summed E-state index contributed by atoms with van der Waals surface area (Å²) in [5.74, 6) is -0.838. The Balaban J connectivity index is 1.23. The van der Waals surface area contributed by atoms with Gasteiger partial charge in [0.1, 0.15) is 6.61 Å². The van der Waals surface area contributed by atoms with Gasteiger partial charge in [-0.05, 0) is 54.4 Å². The number of benzene rings is 2. The summed E-state index contributed by atoms with van der Waals surface area (Å²) in [5.41, 5.74) is 4.66. The molecule has 0 heterocycles. The summed E-state index contributed by atoms with van der Waals surface area (Å²) in [6.07, 6.45) is 3.10. The van der Waals surface area contributed by atoms with Crippen LogP contribution in [0.1, 0.15) is 62.5 Å². The number of nitrogens with one attached hydrogen (secondary N) is 2. The van der Waals surface area contributed by atoms with Gasteiger partial charge >= 0.3 is 12.1 Å². The molecular weight excluding hydrogens is 432 g/mol. The fourth-order valence-corrected chi connectivity index (χ4v) is 4.91. The van der Waals surface area contributed by atoms with E-state index in [1.165, 1.54) is 11.1 Å². The van der Waals surface area contributed by atoms with Crippen LogP contribution in [0.25, 0.3) is 11.1 Å². The molecule has 2 amide bonds. The van der Waals surface area contributed by atoms with Crippen molar-refractivity contribution in [2.45, 2.75) is 63.5 Å². The van der Waals surface area contributed by atoms with Crippen molar-refractivity contribution in [1.82, 2.24) is 10.6 Å². The normalized spacial score (nSPS) is 16.5. The van der Waals surface area contributed by atoms with Crippen LogP contribution in [-0.2, 0) is 14.3 Å². The monoisotopic (exact) mass is 464 g/mol. The minimum absolute atomic E-state index is 0.00286. The number of ether oxygens (including phenoxy) is 1. The SMILES string of the molecule is CC(CCC(=O)NC(CC(=O)O)C1CCC1)NC(=O)OCC1c2ccccc2-c2ccccc21. The molecule has 3 N–H and O–H groups in total. The van der Waals surface area contributed by atoms with E-state index < -0.39 is 12.1 Å². The van der Waals surface area contributed by atoms with Crippen LogP contribution in [0.4, 0.5) is 4.79 Å². The van der Waals surface area contributed by atoms with Crippen molar-refractivity contribution in [2.24, 2.45) is 5.92 Å². The van der Waals surface area contributed by atoms with Crippen LogP contribution in [0, 0.1) is 5.92 Å². The molecular formula is C27H32N2O5. The first kappa shape index (κ1) is 23.8. The number of carboxylic acid groups (broad SMARTS) is 1. The van der Waals surface area contributed by atoms with E-state index in [1.807, 2.05) is 31.2 Å². The maximum atomic E-state index is 12.4. The zero-order valence-electron chi connectivity index (χ0n) is 19.5. The fourth-order valence-electron chi connectivity index (χ4n) is 4.91. The number of carbonyl (C=O) groups is 3. The fraction of sp³-hybridized carbons (Fsp3) is 0.444. The molecule has 0 spiro atoms. The third-order valence-corrected chi connectivity index (χ3v) is 6.97. The van der Waals surface area contributed by atoms with E-state index in [9.17, 15) is 14.4 Å². The van der Waals surface area contributed by atoms with E-state index in [0.717, 1.165) is 30.4 Å². The lowest BCUT2D eigenvalue weighted by Crippen LogP contribution is -2.44. The highest BCUT2D eigenvalue weighted by Crippen LogP contribution is 2.44. The van der Waals surface area contributed by atoms with Gasteiger partial charge in [0.2, 0.25) is 5.91 Å². The van der Waals surface area contributed by atoms with E-state index in [-0.39, 0.29) is 49.3 Å². The van der Waals surface area contributed by atoms with Gasteiger partial charge in [0.05, 0.1) is 6.42 Å². The van der Waals surface area contributed by atoms with Crippen molar-refractivity contribution in [3.63, 3.8) is 0 Å². The number of hydrogen-bond donors (Lipinski definition) is 3. The number of hydrogen-bond acceptors (Lipinski definition) is 4. The first-order chi connectivity index (χ1) is 16.4. The summed E-state index contributed by atoms with van der Waals surface area (Å²) in [4.78, 5) is 35.9. The Morgan fingerprint density at radius 2 is 1.62 bits per heavy atom. The van der Waals surface area contributed by atoms with Crippen molar-refractivity contribution in [1.29, 1.82) is 0 Å². The van der Waals surface area contributed by atoms with Gasteiger partial charge in [0.15, 0.2) is 0 Å². The molecule has 0 radical (unpaired) electrons. The molecule has 7 heteroatoms. The standard InChI is InChI=1S/C27H32N2O5/c1-17(13-14-25(30)29-24(15-26(31)32)18-7-6-8-18)28-27(33)34-16-23-21-11-4-2-9-19(21)20-10-3-5-12-22(20)23/h2-5,9-12,17-18,23-24H,6-8,13-16H2,1H3,(H,28,33)(H,29,30)(H,31,32). The molecule has 34 heavy (non-hydrogen) atoms. The van der Waals surface area contributed by atoms with Gasteiger partial charge in [-0.15, -0.1) is 0 Å². The average Bonchev–Trinajstić information content (AvgIpc) is 3.08.